The van der Waals surface area contributed by atoms with Gasteiger partial charge in [-0.15, -0.1) is 0 Å². The van der Waals surface area contributed by atoms with Crippen molar-refractivity contribution in [3.05, 3.63) is 51.2 Å². The van der Waals surface area contributed by atoms with Crippen LogP contribution in [0.4, 0.5) is 10.5 Å². The smallest absolute Gasteiger partial charge is 0.410 e. The van der Waals surface area contributed by atoms with Crippen LogP contribution in [0.25, 0.3) is 0 Å². The number of hydrogen-bond donors (Lipinski definition) is 1. The Kier molecular flexibility index (Phi) is 7.19. The van der Waals surface area contributed by atoms with Gasteiger partial charge in [-0.25, -0.2) is 4.79 Å². The van der Waals surface area contributed by atoms with Crippen molar-refractivity contribution in [1.82, 2.24) is 14.4 Å². The van der Waals surface area contributed by atoms with Crippen molar-refractivity contribution in [1.29, 1.82) is 0 Å². The first-order chi connectivity index (χ1) is 15.0. The molecule has 1 aliphatic heterocycles. The highest BCUT2D eigenvalue weighted by atomic mass is 79.9. The molecule has 8 nitrogen and oxygen atoms in total. The van der Waals surface area contributed by atoms with Crippen molar-refractivity contribution in [3.63, 3.8) is 0 Å². The molecule has 1 aromatic carbocycles. The number of carbonyl (C=O) groups is 3. The number of nitrogens with one attached hydrogen (secondary N) is 1. The summed E-state index contributed by atoms with van der Waals surface area (Å²) in [4.78, 5) is 40.9. The van der Waals surface area contributed by atoms with Crippen LogP contribution >= 0.6 is 27.5 Å². The molecular formula is C22H26BrClN4O4. The maximum absolute atomic E-state index is 12.9. The van der Waals surface area contributed by atoms with Crippen molar-refractivity contribution in [2.24, 2.45) is 7.05 Å². The van der Waals surface area contributed by atoms with E-state index in [1.165, 1.54) is 0 Å². The molecule has 0 bridgehead atoms. The Morgan fingerprint density at radius 2 is 1.66 bits per heavy atom. The lowest BCUT2D eigenvalue weighted by Gasteiger charge is -2.35. The molecule has 1 N–H and O–H groups in total. The van der Waals surface area contributed by atoms with E-state index in [0.717, 1.165) is 4.60 Å². The molecular weight excluding hydrogens is 500 g/mol. The molecule has 1 aromatic heterocycles. The molecule has 1 aliphatic rings. The van der Waals surface area contributed by atoms with Gasteiger partial charge in [-0.3, -0.25) is 9.59 Å². The fraction of sp³-hybridized carbons (Fsp3) is 0.409. The summed E-state index contributed by atoms with van der Waals surface area (Å²) in [5.41, 5.74) is 0.752. The van der Waals surface area contributed by atoms with Crippen LogP contribution < -0.4 is 5.32 Å². The van der Waals surface area contributed by atoms with Crippen molar-refractivity contribution < 1.29 is 19.1 Å². The van der Waals surface area contributed by atoms with Gasteiger partial charge in [0.1, 0.15) is 11.3 Å². The number of halogens is 2. The second-order valence-corrected chi connectivity index (χ2v) is 9.73. The lowest BCUT2D eigenvalue weighted by Crippen LogP contribution is -2.51. The Labute approximate surface area is 200 Å². The van der Waals surface area contributed by atoms with Gasteiger partial charge in [0.2, 0.25) is 0 Å². The lowest BCUT2D eigenvalue weighted by atomic mass is 10.1. The summed E-state index contributed by atoms with van der Waals surface area (Å²) in [6.45, 7) is 6.99. The van der Waals surface area contributed by atoms with E-state index < -0.39 is 5.60 Å². The predicted molar refractivity (Wildman–Crippen MR) is 126 cm³/mol. The number of amides is 3. The zero-order valence-corrected chi connectivity index (χ0v) is 20.8. The molecule has 0 radical (unpaired) electrons. The first-order valence-corrected chi connectivity index (χ1v) is 11.3. The van der Waals surface area contributed by atoms with Crippen LogP contribution in [0.5, 0.6) is 0 Å². The number of ether oxygens (including phenoxy) is 1. The molecule has 3 rings (SSSR count). The van der Waals surface area contributed by atoms with E-state index in [2.05, 4.69) is 21.2 Å². The second kappa shape index (κ2) is 9.54. The number of benzene rings is 1. The Morgan fingerprint density at radius 1 is 1.03 bits per heavy atom. The summed E-state index contributed by atoms with van der Waals surface area (Å²) < 4.78 is 7.89. The van der Waals surface area contributed by atoms with E-state index in [4.69, 9.17) is 16.3 Å². The topological polar surface area (TPSA) is 83.9 Å². The Hall–Kier alpha value is -2.52. The van der Waals surface area contributed by atoms with Gasteiger partial charge in [-0.2, -0.15) is 0 Å². The SMILES string of the molecule is Cn1c(Br)ccc1C(=O)Nc1ccc(C(=O)N2CCN(C(=O)OC(C)(C)C)CC2)c(Cl)c1. The number of rotatable bonds is 3. The number of piperazine rings is 1. The number of anilines is 1. The average Bonchev–Trinajstić information content (AvgIpc) is 3.05. The fourth-order valence-electron chi connectivity index (χ4n) is 3.26. The van der Waals surface area contributed by atoms with E-state index >= 15 is 0 Å². The minimum Gasteiger partial charge on any atom is -0.444 e. The molecule has 0 spiro atoms. The number of hydrogen-bond acceptors (Lipinski definition) is 4. The van der Waals surface area contributed by atoms with E-state index in [0.29, 0.717) is 43.1 Å². The lowest BCUT2D eigenvalue weighted by molar-refractivity contribution is 0.0141. The zero-order valence-electron chi connectivity index (χ0n) is 18.4. The van der Waals surface area contributed by atoms with Crippen LogP contribution in [-0.4, -0.2) is 64.1 Å². The first-order valence-electron chi connectivity index (χ1n) is 10.2. The molecule has 2 aromatic rings. The fourth-order valence-corrected chi connectivity index (χ4v) is 3.85. The molecule has 10 heteroatoms. The average molecular weight is 526 g/mol. The highest BCUT2D eigenvalue weighted by Crippen LogP contribution is 2.24. The number of carbonyl (C=O) groups excluding carboxylic acids is 3. The van der Waals surface area contributed by atoms with Crippen LogP contribution in [0.1, 0.15) is 41.6 Å². The summed E-state index contributed by atoms with van der Waals surface area (Å²) in [5, 5.41) is 3.03. The maximum Gasteiger partial charge on any atom is 0.410 e. The Bertz CT molecular complexity index is 1040. The summed E-state index contributed by atoms with van der Waals surface area (Å²) >= 11 is 9.72. The van der Waals surface area contributed by atoms with Gasteiger partial charge >= 0.3 is 6.09 Å². The van der Waals surface area contributed by atoms with E-state index in [9.17, 15) is 14.4 Å². The summed E-state index contributed by atoms with van der Waals surface area (Å²) in [6.07, 6.45) is -0.382. The molecule has 0 saturated carbocycles. The molecule has 0 aliphatic carbocycles. The quantitative estimate of drug-likeness (QED) is 0.644. The van der Waals surface area contributed by atoms with Crippen molar-refractivity contribution in [3.8, 4) is 0 Å². The first kappa shape index (κ1) is 24.1. The van der Waals surface area contributed by atoms with Gasteiger partial charge in [0, 0.05) is 38.9 Å². The minimum absolute atomic E-state index is 0.219. The Balaban J connectivity index is 1.61. The molecule has 2 heterocycles. The summed E-state index contributed by atoms with van der Waals surface area (Å²) in [5.74, 6) is -0.505. The van der Waals surface area contributed by atoms with Crippen LogP contribution in [0, 0.1) is 0 Å². The van der Waals surface area contributed by atoms with Crippen molar-refractivity contribution >= 4 is 51.1 Å². The molecule has 1 saturated heterocycles. The van der Waals surface area contributed by atoms with E-state index in [1.807, 2.05) is 20.8 Å². The molecule has 3 amide bonds. The third-order valence-corrected chi connectivity index (χ3v) is 6.08. The minimum atomic E-state index is -0.564. The van der Waals surface area contributed by atoms with Gasteiger partial charge in [0.05, 0.1) is 15.2 Å². The monoisotopic (exact) mass is 524 g/mol. The maximum atomic E-state index is 12.9. The summed E-state index contributed by atoms with van der Waals surface area (Å²) in [7, 11) is 1.77. The highest BCUT2D eigenvalue weighted by molar-refractivity contribution is 9.10. The summed E-state index contributed by atoms with van der Waals surface area (Å²) in [6, 6.07) is 8.29. The number of nitrogens with zero attached hydrogens (tertiary/aromatic N) is 3. The van der Waals surface area contributed by atoms with Gasteiger partial charge in [0.25, 0.3) is 11.8 Å². The third kappa shape index (κ3) is 5.63. The molecule has 0 unspecified atom stereocenters. The van der Waals surface area contributed by atoms with Gasteiger partial charge in [0.15, 0.2) is 0 Å². The largest absolute Gasteiger partial charge is 0.444 e. The zero-order chi connectivity index (χ0) is 23.6. The Morgan fingerprint density at radius 3 is 2.19 bits per heavy atom. The van der Waals surface area contributed by atoms with Crippen molar-refractivity contribution in [2.75, 3.05) is 31.5 Å². The van der Waals surface area contributed by atoms with Gasteiger partial charge in [-0.1, -0.05) is 11.6 Å². The third-order valence-electron chi connectivity index (χ3n) is 4.97. The van der Waals surface area contributed by atoms with E-state index in [1.54, 1.807) is 51.7 Å². The molecule has 1 fully saturated rings. The highest BCUT2D eigenvalue weighted by Gasteiger charge is 2.28. The van der Waals surface area contributed by atoms with Gasteiger partial charge in [-0.05, 0) is 67.0 Å². The number of aromatic nitrogens is 1. The van der Waals surface area contributed by atoms with Crippen molar-refractivity contribution in [2.45, 2.75) is 26.4 Å². The van der Waals surface area contributed by atoms with Crippen LogP contribution in [0.3, 0.4) is 0 Å². The van der Waals surface area contributed by atoms with Gasteiger partial charge < -0.3 is 24.4 Å². The second-order valence-electron chi connectivity index (χ2n) is 8.51. The van der Waals surface area contributed by atoms with Crippen LogP contribution in [0.15, 0.2) is 34.9 Å². The van der Waals surface area contributed by atoms with Crippen LogP contribution in [0.2, 0.25) is 5.02 Å². The predicted octanol–water partition coefficient (Wildman–Crippen LogP) is 4.39. The molecule has 0 atom stereocenters. The normalized spacial score (nSPS) is 14.3. The van der Waals surface area contributed by atoms with Crippen LogP contribution in [-0.2, 0) is 11.8 Å². The molecule has 32 heavy (non-hydrogen) atoms. The standard InChI is InChI=1S/C22H26BrClN4O4/c1-22(2,3)32-21(31)28-11-9-27(10-12-28)20(30)15-6-5-14(13-16(15)24)25-19(29)17-7-8-18(23)26(17)4/h5-8,13H,9-12H2,1-4H3,(H,25,29). The van der Waals surface area contributed by atoms with E-state index in [-0.39, 0.29) is 22.9 Å². The molecule has 172 valence electrons.